The molecule has 3 aromatic heterocycles. The molecule has 0 radical (unpaired) electrons. The van der Waals surface area contributed by atoms with Crippen LogP contribution in [0, 0.1) is 5.41 Å². The van der Waals surface area contributed by atoms with Crippen molar-refractivity contribution >= 4 is 56.2 Å². The molecule has 0 spiro atoms. The van der Waals surface area contributed by atoms with Crippen molar-refractivity contribution in [3.05, 3.63) is 54.6 Å². The lowest BCUT2D eigenvalue weighted by Crippen LogP contribution is -2.43. The molecule has 1 aromatic carbocycles. The van der Waals surface area contributed by atoms with E-state index < -0.39 is 17.4 Å². The van der Waals surface area contributed by atoms with Gasteiger partial charge < -0.3 is 21.1 Å². The van der Waals surface area contributed by atoms with Crippen LogP contribution in [0.5, 0.6) is 0 Å². The lowest BCUT2D eigenvalue weighted by atomic mass is 9.80. The van der Waals surface area contributed by atoms with Gasteiger partial charge in [0.25, 0.3) is 5.91 Å². The standard InChI is InChI=1S/C27H28N8O4S/c1-3-35(24(28)39)26-33-20-13-16(12-19(21(20)40-26)32-22(36)18-6-4-5-9-29-18)17-14-30-25(31-15-17)34-10-7-27(2,8-11-34)23(37)38/h4-6,9,12-15H,3,7-8,10-11H2,1-2H3,(H2,28,39)(H,32,36)(H,37,38). The molecule has 0 saturated carbocycles. The molecule has 4 heterocycles. The average Bonchev–Trinajstić information content (AvgIpc) is 3.38. The first-order valence-corrected chi connectivity index (χ1v) is 13.5. The van der Waals surface area contributed by atoms with E-state index in [4.69, 9.17) is 5.73 Å². The molecule has 3 amide bonds. The summed E-state index contributed by atoms with van der Waals surface area (Å²) in [7, 11) is 0. The zero-order valence-corrected chi connectivity index (χ0v) is 22.8. The van der Waals surface area contributed by atoms with Gasteiger partial charge in [0.2, 0.25) is 5.95 Å². The number of carbonyl (C=O) groups excluding carboxylic acids is 2. The highest BCUT2D eigenvalue weighted by Crippen LogP contribution is 2.38. The number of carbonyl (C=O) groups is 3. The van der Waals surface area contributed by atoms with E-state index in [-0.39, 0.29) is 11.6 Å². The van der Waals surface area contributed by atoms with Crippen LogP contribution < -0.4 is 20.9 Å². The normalized spacial score (nSPS) is 14.6. The molecule has 4 aromatic rings. The molecule has 0 atom stereocenters. The summed E-state index contributed by atoms with van der Waals surface area (Å²) < 4.78 is 0.676. The number of carboxylic acids is 1. The van der Waals surface area contributed by atoms with Crippen LogP contribution >= 0.6 is 11.3 Å². The first kappa shape index (κ1) is 26.9. The first-order chi connectivity index (χ1) is 19.2. The number of anilines is 3. The van der Waals surface area contributed by atoms with E-state index in [0.717, 1.165) is 0 Å². The third-order valence-corrected chi connectivity index (χ3v) is 8.20. The first-order valence-electron chi connectivity index (χ1n) is 12.7. The minimum absolute atomic E-state index is 0.256. The number of aliphatic carboxylic acids is 1. The Morgan fingerprint density at radius 2 is 1.85 bits per heavy atom. The van der Waals surface area contributed by atoms with Gasteiger partial charge in [0.1, 0.15) is 5.69 Å². The molecule has 206 valence electrons. The number of nitrogens with two attached hydrogens (primary N) is 1. The predicted molar refractivity (Wildman–Crippen MR) is 153 cm³/mol. The summed E-state index contributed by atoms with van der Waals surface area (Å²) in [5.74, 6) is -0.647. The van der Waals surface area contributed by atoms with Gasteiger partial charge in [-0.2, -0.15) is 0 Å². The van der Waals surface area contributed by atoms with Crippen LogP contribution in [0.4, 0.5) is 21.6 Å². The second-order valence-electron chi connectivity index (χ2n) is 9.74. The van der Waals surface area contributed by atoms with Gasteiger partial charge in [0.05, 0.1) is 21.3 Å². The van der Waals surface area contributed by atoms with Crippen molar-refractivity contribution in [1.29, 1.82) is 0 Å². The maximum atomic E-state index is 13.0. The molecule has 4 N–H and O–H groups in total. The molecule has 1 aliphatic rings. The molecule has 13 heteroatoms. The number of urea groups is 1. The number of hydrogen-bond acceptors (Lipinski definition) is 9. The van der Waals surface area contributed by atoms with E-state index in [9.17, 15) is 19.5 Å². The van der Waals surface area contributed by atoms with Crippen molar-refractivity contribution in [2.45, 2.75) is 26.7 Å². The molecular formula is C27H28N8O4S. The van der Waals surface area contributed by atoms with Crippen molar-refractivity contribution in [1.82, 2.24) is 19.9 Å². The van der Waals surface area contributed by atoms with Crippen LogP contribution in [-0.4, -0.2) is 62.6 Å². The van der Waals surface area contributed by atoms with Gasteiger partial charge in [-0.25, -0.2) is 19.7 Å². The fourth-order valence-electron chi connectivity index (χ4n) is 4.51. The van der Waals surface area contributed by atoms with Crippen LogP contribution in [0.2, 0.25) is 0 Å². The van der Waals surface area contributed by atoms with E-state index in [1.807, 2.05) is 17.0 Å². The molecule has 5 rings (SSSR count). The van der Waals surface area contributed by atoms with Gasteiger partial charge in [-0.3, -0.25) is 19.5 Å². The third kappa shape index (κ3) is 5.27. The fourth-order valence-corrected chi connectivity index (χ4v) is 5.60. The van der Waals surface area contributed by atoms with E-state index >= 15 is 0 Å². The van der Waals surface area contributed by atoms with Gasteiger partial charge in [0.15, 0.2) is 5.13 Å². The Kier molecular flexibility index (Phi) is 7.30. The van der Waals surface area contributed by atoms with Gasteiger partial charge in [0, 0.05) is 43.8 Å². The van der Waals surface area contributed by atoms with Gasteiger partial charge in [-0.05, 0) is 56.5 Å². The lowest BCUT2D eigenvalue weighted by molar-refractivity contribution is -0.149. The Morgan fingerprint density at radius 1 is 1.12 bits per heavy atom. The zero-order valence-electron chi connectivity index (χ0n) is 22.0. The van der Waals surface area contributed by atoms with Gasteiger partial charge >= 0.3 is 12.0 Å². The monoisotopic (exact) mass is 560 g/mol. The number of nitrogens with zero attached hydrogens (tertiary/aromatic N) is 6. The third-order valence-electron chi connectivity index (χ3n) is 7.08. The molecule has 0 unspecified atom stereocenters. The van der Waals surface area contributed by atoms with Crippen LogP contribution in [0.25, 0.3) is 21.3 Å². The molecule has 12 nitrogen and oxygen atoms in total. The Bertz CT molecular complexity index is 1570. The maximum absolute atomic E-state index is 13.0. The molecule has 1 aliphatic heterocycles. The number of nitrogens with one attached hydrogen (secondary N) is 1. The number of hydrogen-bond donors (Lipinski definition) is 3. The Morgan fingerprint density at radius 3 is 2.45 bits per heavy atom. The second-order valence-corrected chi connectivity index (χ2v) is 10.7. The van der Waals surface area contributed by atoms with Crippen molar-refractivity contribution in [2.24, 2.45) is 11.1 Å². The SMILES string of the molecule is CCN(C(N)=O)c1nc2cc(-c3cnc(N4CCC(C)(C(=O)O)CC4)nc3)cc(NC(=O)c3ccccn3)c2s1. The Balaban J connectivity index is 1.48. The van der Waals surface area contributed by atoms with E-state index in [1.165, 1.54) is 16.2 Å². The minimum atomic E-state index is -0.784. The summed E-state index contributed by atoms with van der Waals surface area (Å²) in [4.78, 5) is 57.7. The molecule has 0 bridgehead atoms. The van der Waals surface area contributed by atoms with Gasteiger partial charge in [-0.15, -0.1) is 0 Å². The summed E-state index contributed by atoms with van der Waals surface area (Å²) in [5.41, 5.74) is 7.55. The maximum Gasteiger partial charge on any atom is 0.321 e. The van der Waals surface area contributed by atoms with Crippen LogP contribution in [0.15, 0.2) is 48.9 Å². The van der Waals surface area contributed by atoms with Crippen molar-refractivity contribution in [3.63, 3.8) is 0 Å². The largest absolute Gasteiger partial charge is 0.481 e. The fraction of sp³-hybridized carbons (Fsp3) is 0.296. The van der Waals surface area contributed by atoms with Crippen LogP contribution in [-0.2, 0) is 4.79 Å². The second kappa shape index (κ2) is 10.8. The van der Waals surface area contributed by atoms with Crippen molar-refractivity contribution in [3.8, 4) is 11.1 Å². The van der Waals surface area contributed by atoms with Crippen LogP contribution in [0.1, 0.15) is 37.2 Å². The number of pyridine rings is 1. The number of fused-ring (bicyclic) bond motifs is 1. The number of rotatable bonds is 7. The molecule has 1 saturated heterocycles. The highest BCUT2D eigenvalue weighted by molar-refractivity contribution is 7.23. The van der Waals surface area contributed by atoms with Crippen LogP contribution in [0.3, 0.4) is 0 Å². The number of thiazole rings is 1. The number of amides is 3. The number of aromatic nitrogens is 4. The Hall–Kier alpha value is -4.65. The summed E-state index contributed by atoms with van der Waals surface area (Å²) in [5, 5.41) is 12.8. The van der Waals surface area contributed by atoms with Crippen molar-refractivity contribution < 1.29 is 19.5 Å². The van der Waals surface area contributed by atoms with Gasteiger partial charge in [-0.1, -0.05) is 17.4 Å². The molecule has 1 fully saturated rings. The molecule has 40 heavy (non-hydrogen) atoms. The zero-order chi connectivity index (χ0) is 28.4. The number of primary amides is 1. The van der Waals surface area contributed by atoms with E-state index in [1.54, 1.807) is 50.6 Å². The number of benzene rings is 1. The van der Waals surface area contributed by atoms with Crippen molar-refractivity contribution in [2.75, 3.05) is 34.8 Å². The summed E-state index contributed by atoms with van der Waals surface area (Å²) >= 11 is 1.25. The topological polar surface area (TPSA) is 168 Å². The number of piperidine rings is 1. The van der Waals surface area contributed by atoms with E-state index in [0.29, 0.717) is 70.6 Å². The smallest absolute Gasteiger partial charge is 0.321 e. The summed E-state index contributed by atoms with van der Waals surface area (Å²) in [6.07, 6.45) is 5.94. The number of carboxylic acid groups (broad SMARTS) is 1. The highest BCUT2D eigenvalue weighted by Gasteiger charge is 2.37. The average molecular weight is 561 g/mol. The quantitative estimate of drug-likeness (QED) is 0.303. The lowest BCUT2D eigenvalue weighted by Gasteiger charge is -2.36. The molecule has 0 aliphatic carbocycles. The van der Waals surface area contributed by atoms with E-state index in [2.05, 4.69) is 25.3 Å². The Labute approximate surface area is 233 Å². The molecular weight excluding hydrogens is 532 g/mol. The summed E-state index contributed by atoms with van der Waals surface area (Å²) in [6.45, 7) is 5.01. The predicted octanol–water partition coefficient (Wildman–Crippen LogP) is 4.00. The summed E-state index contributed by atoms with van der Waals surface area (Å²) in [6, 6.07) is 8.11. The minimum Gasteiger partial charge on any atom is -0.481 e. The highest BCUT2D eigenvalue weighted by atomic mass is 32.1.